The van der Waals surface area contributed by atoms with E-state index in [9.17, 15) is 14.9 Å². The molecule has 4 aromatic rings. The molecule has 0 unspecified atom stereocenters. The Bertz CT molecular complexity index is 1310. The second kappa shape index (κ2) is 8.77. The first kappa shape index (κ1) is 21.5. The lowest BCUT2D eigenvalue weighted by Gasteiger charge is -2.04. The third kappa shape index (κ3) is 4.60. The maximum Gasteiger partial charge on any atom is 0.307 e. The normalized spacial score (nSPS) is 11.0. The highest BCUT2D eigenvalue weighted by molar-refractivity contribution is 6.42. The summed E-state index contributed by atoms with van der Waals surface area (Å²) in [4.78, 5) is 27.1. The van der Waals surface area contributed by atoms with Crippen molar-refractivity contribution >= 4 is 40.7 Å². The maximum absolute atomic E-state index is 12.7. The lowest BCUT2D eigenvalue weighted by atomic mass is 10.2. The number of carbonyl (C=O) groups excluding carboxylic acids is 1. The van der Waals surface area contributed by atoms with Crippen molar-refractivity contribution in [1.29, 1.82) is 0 Å². The number of nitrogens with zero attached hydrogens (tertiary/aromatic N) is 7. The molecule has 3 heterocycles. The molecule has 14 heteroatoms. The number of halogens is 2. The molecule has 0 saturated heterocycles. The summed E-state index contributed by atoms with van der Waals surface area (Å²) in [6.07, 6.45) is 3.82. The van der Waals surface area contributed by atoms with Crippen LogP contribution < -0.4 is 5.32 Å². The highest BCUT2D eigenvalue weighted by atomic mass is 35.5. The van der Waals surface area contributed by atoms with Crippen LogP contribution in [0.2, 0.25) is 10.0 Å². The fraction of sp³-hybridized carbons (Fsp3) is 0.167. The van der Waals surface area contributed by atoms with Crippen LogP contribution >= 0.6 is 23.2 Å². The van der Waals surface area contributed by atoms with Gasteiger partial charge in [-0.2, -0.15) is 5.10 Å². The molecule has 12 nitrogen and oxygen atoms in total. The Morgan fingerprint density at radius 1 is 1.25 bits per heavy atom. The van der Waals surface area contributed by atoms with Crippen molar-refractivity contribution in [2.75, 3.05) is 5.32 Å². The minimum Gasteiger partial charge on any atom is -0.361 e. The molecular formula is C18H14Cl2N8O4. The number of rotatable bonds is 7. The number of carbonyl (C=O) groups is 1. The molecule has 0 saturated carbocycles. The van der Waals surface area contributed by atoms with Gasteiger partial charge < -0.3 is 4.52 Å². The van der Waals surface area contributed by atoms with Gasteiger partial charge in [-0.05, 0) is 24.6 Å². The van der Waals surface area contributed by atoms with Gasteiger partial charge in [-0.1, -0.05) is 34.4 Å². The molecule has 0 bridgehead atoms. The second-order valence-electron chi connectivity index (χ2n) is 6.69. The number of aromatic nitrogens is 6. The highest BCUT2D eigenvalue weighted by Gasteiger charge is 2.22. The summed E-state index contributed by atoms with van der Waals surface area (Å²) in [7, 11) is 0. The number of aryl methyl sites for hydroxylation is 1. The smallest absolute Gasteiger partial charge is 0.307 e. The van der Waals surface area contributed by atoms with Crippen LogP contribution in [0.3, 0.4) is 0 Å². The van der Waals surface area contributed by atoms with Gasteiger partial charge in [0.05, 0.1) is 28.1 Å². The molecule has 1 aromatic carbocycles. The predicted molar refractivity (Wildman–Crippen MR) is 113 cm³/mol. The van der Waals surface area contributed by atoms with E-state index in [2.05, 4.69) is 25.7 Å². The van der Waals surface area contributed by atoms with E-state index in [1.54, 1.807) is 25.1 Å². The molecule has 32 heavy (non-hydrogen) atoms. The number of benzene rings is 1. The number of anilines is 1. The molecule has 4 rings (SSSR count). The second-order valence-corrected chi connectivity index (χ2v) is 7.50. The quantitative estimate of drug-likeness (QED) is 0.315. The summed E-state index contributed by atoms with van der Waals surface area (Å²) < 4.78 is 7.97. The van der Waals surface area contributed by atoms with Crippen LogP contribution in [0.5, 0.6) is 0 Å². The van der Waals surface area contributed by atoms with Gasteiger partial charge in [0.1, 0.15) is 24.5 Å². The fourth-order valence-corrected chi connectivity index (χ4v) is 3.19. The first-order valence-electron chi connectivity index (χ1n) is 9.07. The number of amides is 1. The van der Waals surface area contributed by atoms with Gasteiger partial charge in [0.2, 0.25) is 5.95 Å². The van der Waals surface area contributed by atoms with Gasteiger partial charge in [0.25, 0.3) is 5.91 Å². The highest BCUT2D eigenvalue weighted by Crippen LogP contribution is 2.23. The van der Waals surface area contributed by atoms with Gasteiger partial charge in [-0.15, -0.1) is 5.10 Å². The number of hydrogen-bond acceptors (Lipinski definition) is 8. The number of hydrogen-bond donors (Lipinski definition) is 1. The van der Waals surface area contributed by atoms with E-state index in [1.165, 1.54) is 21.9 Å². The Morgan fingerprint density at radius 3 is 2.78 bits per heavy atom. The van der Waals surface area contributed by atoms with Gasteiger partial charge in [-0.3, -0.25) is 24.9 Å². The molecule has 1 N–H and O–H groups in total. The molecule has 0 aliphatic rings. The fourth-order valence-electron chi connectivity index (χ4n) is 2.87. The largest absolute Gasteiger partial charge is 0.361 e. The zero-order valence-electron chi connectivity index (χ0n) is 16.4. The number of nitro groups is 1. The standard InChI is InChI=1S/C18H14Cl2N8O4/c1-10-13(8-26-7-12(5-22-26)28(30)31)16(25-32-10)17(29)23-18-21-9-27(24-18)6-11-2-3-14(19)15(20)4-11/h2-5,7,9H,6,8H2,1H3,(H,23,24,29). The molecule has 0 spiro atoms. The summed E-state index contributed by atoms with van der Waals surface area (Å²) in [5, 5.41) is 26.2. The zero-order chi connectivity index (χ0) is 22.8. The SMILES string of the molecule is Cc1onc(C(=O)Nc2ncn(Cc3ccc(Cl)c(Cl)c3)n2)c1Cn1cc([N+](=O)[O-])cn1. The average Bonchev–Trinajstić information content (AvgIpc) is 3.47. The summed E-state index contributed by atoms with van der Waals surface area (Å²) in [6.45, 7) is 2.05. The van der Waals surface area contributed by atoms with E-state index in [4.69, 9.17) is 27.7 Å². The third-order valence-corrected chi connectivity index (χ3v) is 5.18. The Morgan fingerprint density at radius 2 is 2.06 bits per heavy atom. The van der Waals surface area contributed by atoms with E-state index in [0.29, 0.717) is 27.9 Å². The van der Waals surface area contributed by atoms with E-state index >= 15 is 0 Å². The van der Waals surface area contributed by atoms with Crippen LogP contribution in [-0.2, 0) is 13.1 Å². The van der Waals surface area contributed by atoms with Gasteiger partial charge in [0, 0.05) is 5.56 Å². The summed E-state index contributed by atoms with van der Waals surface area (Å²) in [6, 6.07) is 5.20. The molecule has 0 atom stereocenters. The molecular weight excluding hydrogens is 463 g/mol. The van der Waals surface area contributed by atoms with Crippen molar-refractivity contribution in [2.24, 2.45) is 0 Å². The average molecular weight is 477 g/mol. The van der Waals surface area contributed by atoms with Gasteiger partial charge in [0.15, 0.2) is 5.69 Å². The molecule has 1 amide bonds. The third-order valence-electron chi connectivity index (χ3n) is 4.44. The summed E-state index contributed by atoms with van der Waals surface area (Å²) >= 11 is 11.9. The topological polar surface area (TPSA) is 147 Å². The monoisotopic (exact) mass is 476 g/mol. The molecule has 0 aliphatic heterocycles. The lowest BCUT2D eigenvalue weighted by Crippen LogP contribution is -2.17. The molecule has 164 valence electrons. The van der Waals surface area contributed by atoms with E-state index in [-0.39, 0.29) is 23.9 Å². The van der Waals surface area contributed by atoms with Crippen LogP contribution in [0.4, 0.5) is 11.6 Å². The van der Waals surface area contributed by atoms with Crippen molar-refractivity contribution in [3.63, 3.8) is 0 Å². The predicted octanol–water partition coefficient (Wildman–Crippen LogP) is 3.33. The van der Waals surface area contributed by atoms with Crippen LogP contribution in [0.1, 0.15) is 27.4 Å². The van der Waals surface area contributed by atoms with E-state index < -0.39 is 10.8 Å². The van der Waals surface area contributed by atoms with Crippen LogP contribution in [0.25, 0.3) is 0 Å². The Hall–Kier alpha value is -3.77. The zero-order valence-corrected chi connectivity index (χ0v) is 17.9. The molecule has 0 radical (unpaired) electrons. The van der Waals surface area contributed by atoms with Crippen molar-refractivity contribution in [1.82, 2.24) is 29.7 Å². The van der Waals surface area contributed by atoms with Gasteiger partial charge >= 0.3 is 5.69 Å². The van der Waals surface area contributed by atoms with Crippen molar-refractivity contribution in [3.05, 3.63) is 79.7 Å². The van der Waals surface area contributed by atoms with Gasteiger partial charge in [-0.25, -0.2) is 9.67 Å². The Labute approximate surface area is 189 Å². The Balaban J connectivity index is 1.46. The molecule has 0 fully saturated rings. The number of nitrogens with one attached hydrogen (secondary N) is 1. The van der Waals surface area contributed by atoms with Crippen molar-refractivity contribution < 1.29 is 14.2 Å². The van der Waals surface area contributed by atoms with Crippen LogP contribution in [0.15, 0.2) is 41.4 Å². The summed E-state index contributed by atoms with van der Waals surface area (Å²) in [5.41, 5.74) is 1.11. The van der Waals surface area contributed by atoms with E-state index in [1.807, 2.05) is 0 Å². The van der Waals surface area contributed by atoms with Crippen molar-refractivity contribution in [3.8, 4) is 0 Å². The first-order valence-corrected chi connectivity index (χ1v) is 9.82. The summed E-state index contributed by atoms with van der Waals surface area (Å²) in [5.74, 6) is -0.145. The molecule has 3 aromatic heterocycles. The van der Waals surface area contributed by atoms with Crippen LogP contribution in [-0.4, -0.2) is 40.5 Å². The minimum absolute atomic E-state index is 0.00138. The molecule has 0 aliphatic carbocycles. The Kier molecular flexibility index (Phi) is 5.88. The lowest BCUT2D eigenvalue weighted by molar-refractivity contribution is -0.385. The minimum atomic E-state index is -0.592. The van der Waals surface area contributed by atoms with Crippen LogP contribution in [0, 0.1) is 17.0 Å². The van der Waals surface area contributed by atoms with E-state index in [0.717, 1.165) is 11.8 Å². The first-order chi connectivity index (χ1) is 15.3. The van der Waals surface area contributed by atoms with Crippen molar-refractivity contribution in [2.45, 2.75) is 20.0 Å². The maximum atomic E-state index is 12.7.